The van der Waals surface area contributed by atoms with Gasteiger partial charge in [0.2, 0.25) is 5.88 Å². The van der Waals surface area contributed by atoms with E-state index in [2.05, 4.69) is 15.0 Å². The molecular weight excluding hydrogens is 417 g/mol. The highest BCUT2D eigenvalue weighted by Crippen LogP contribution is 2.36. The van der Waals surface area contributed by atoms with Crippen LogP contribution in [0.25, 0.3) is 10.9 Å². The van der Waals surface area contributed by atoms with E-state index in [1.807, 2.05) is 25.7 Å². The zero-order chi connectivity index (χ0) is 22.1. The highest BCUT2D eigenvalue weighted by Gasteiger charge is 2.28. The number of fused-ring (bicyclic) bond motifs is 1. The van der Waals surface area contributed by atoms with Crippen molar-refractivity contribution in [1.29, 1.82) is 0 Å². The second-order valence-electron chi connectivity index (χ2n) is 7.79. The van der Waals surface area contributed by atoms with Crippen LogP contribution >= 0.6 is 11.6 Å². The zero-order valence-electron chi connectivity index (χ0n) is 17.7. The zero-order valence-corrected chi connectivity index (χ0v) is 18.4. The van der Waals surface area contributed by atoms with E-state index in [0.29, 0.717) is 43.8 Å². The lowest BCUT2D eigenvalue weighted by Gasteiger charge is -2.27. The van der Waals surface area contributed by atoms with Crippen molar-refractivity contribution in [2.24, 2.45) is 0 Å². The smallest absolute Gasteiger partial charge is 0.410 e. The maximum atomic E-state index is 14.7. The fraction of sp³-hybridized carbons (Fsp3) is 0.579. The summed E-state index contributed by atoms with van der Waals surface area (Å²) in [4.78, 5) is 28.5. The minimum absolute atomic E-state index is 0.00559. The van der Waals surface area contributed by atoms with E-state index in [0.717, 1.165) is 0 Å². The number of anilines is 1. The van der Waals surface area contributed by atoms with E-state index in [1.54, 1.807) is 4.90 Å². The third-order valence-electron chi connectivity index (χ3n) is 4.50. The Labute approximate surface area is 179 Å². The molecule has 2 aromatic rings. The minimum atomic E-state index is -0.778. The molecule has 0 aliphatic carbocycles. The van der Waals surface area contributed by atoms with Gasteiger partial charge in [-0.05, 0) is 27.2 Å². The van der Waals surface area contributed by atoms with E-state index < -0.39 is 11.4 Å². The Morgan fingerprint density at radius 1 is 1.07 bits per heavy atom. The average molecular weight is 442 g/mol. The molecular formula is C19H25ClFN5O4. The number of halogens is 2. The van der Waals surface area contributed by atoms with Gasteiger partial charge in [-0.2, -0.15) is 15.0 Å². The first-order valence-corrected chi connectivity index (χ1v) is 9.90. The van der Waals surface area contributed by atoms with Crippen LogP contribution in [0.2, 0.25) is 5.15 Å². The van der Waals surface area contributed by atoms with Gasteiger partial charge in [0.1, 0.15) is 22.3 Å². The third-order valence-corrected chi connectivity index (χ3v) is 4.75. The Bertz CT molecular complexity index is 953. The summed E-state index contributed by atoms with van der Waals surface area (Å²) in [7, 11) is 2.81. The molecule has 3 rings (SSSR count). The summed E-state index contributed by atoms with van der Waals surface area (Å²) < 4.78 is 30.7. The molecule has 0 spiro atoms. The number of nitrogens with zero attached hydrogens (tertiary/aromatic N) is 5. The van der Waals surface area contributed by atoms with Gasteiger partial charge in [-0.1, -0.05) is 11.6 Å². The monoisotopic (exact) mass is 441 g/mol. The molecule has 9 nitrogen and oxygen atoms in total. The number of rotatable bonds is 3. The number of hydrogen-bond donors (Lipinski definition) is 0. The molecule has 1 aliphatic rings. The van der Waals surface area contributed by atoms with Gasteiger partial charge in [0.15, 0.2) is 11.0 Å². The molecule has 0 aromatic carbocycles. The lowest BCUT2D eigenvalue weighted by molar-refractivity contribution is 0.0263. The summed E-state index contributed by atoms with van der Waals surface area (Å²) in [5.74, 6) is -0.260. The van der Waals surface area contributed by atoms with Crippen LogP contribution in [0, 0.1) is 5.82 Å². The van der Waals surface area contributed by atoms with E-state index in [4.69, 9.17) is 25.8 Å². The summed E-state index contributed by atoms with van der Waals surface area (Å²) in [5.41, 5.74) is -0.614. The number of hydrogen-bond acceptors (Lipinski definition) is 8. The molecule has 0 atom stereocenters. The van der Waals surface area contributed by atoms with Crippen molar-refractivity contribution in [3.63, 3.8) is 0 Å². The molecule has 30 heavy (non-hydrogen) atoms. The fourth-order valence-electron chi connectivity index (χ4n) is 3.18. The lowest BCUT2D eigenvalue weighted by atomic mass is 10.2. The van der Waals surface area contributed by atoms with E-state index in [-0.39, 0.29) is 28.7 Å². The Balaban J connectivity index is 1.98. The lowest BCUT2D eigenvalue weighted by Crippen LogP contribution is -2.39. The number of aromatic nitrogens is 3. The van der Waals surface area contributed by atoms with Crippen LogP contribution in [0.3, 0.4) is 0 Å². The molecule has 3 heterocycles. The van der Waals surface area contributed by atoms with Gasteiger partial charge >= 0.3 is 12.1 Å². The molecule has 1 fully saturated rings. The van der Waals surface area contributed by atoms with Crippen molar-refractivity contribution >= 4 is 34.4 Å². The predicted octanol–water partition coefficient (Wildman–Crippen LogP) is 3.28. The fourth-order valence-corrected chi connectivity index (χ4v) is 3.35. The quantitative estimate of drug-likeness (QED) is 0.670. The maximum absolute atomic E-state index is 14.7. The molecule has 0 unspecified atom stereocenters. The molecule has 164 valence electrons. The van der Waals surface area contributed by atoms with Crippen LogP contribution in [0.5, 0.6) is 11.9 Å². The maximum Gasteiger partial charge on any atom is 0.410 e. The molecule has 2 aromatic heterocycles. The summed E-state index contributed by atoms with van der Waals surface area (Å²) in [6.07, 6.45) is 0.297. The van der Waals surface area contributed by atoms with Gasteiger partial charge < -0.3 is 24.0 Å². The SMILES string of the molecule is COc1nc(N2CCCN(C(=O)OC(C)(C)C)CC2)c2c(OC)nc(Cl)c(F)c2n1. The van der Waals surface area contributed by atoms with Crippen LogP contribution in [-0.4, -0.2) is 71.9 Å². The standard InChI is InChI=1S/C19H25ClFN5O4/c1-19(2,3)30-18(27)26-8-6-7-25(9-10-26)15-11-13(22-17(24-15)29-5)12(21)14(20)23-16(11)28-4/h6-10H2,1-5H3. The summed E-state index contributed by atoms with van der Waals surface area (Å²) in [5, 5.41) is -0.0519. The van der Waals surface area contributed by atoms with Crippen LogP contribution in [0.15, 0.2) is 0 Å². The molecule has 0 radical (unpaired) electrons. The second-order valence-corrected chi connectivity index (χ2v) is 8.15. The molecule has 1 aliphatic heterocycles. The first-order valence-electron chi connectivity index (χ1n) is 9.52. The van der Waals surface area contributed by atoms with Crippen LogP contribution in [0.1, 0.15) is 27.2 Å². The summed E-state index contributed by atoms with van der Waals surface area (Å²) in [6, 6.07) is -0.00559. The van der Waals surface area contributed by atoms with E-state index in [9.17, 15) is 9.18 Å². The Morgan fingerprint density at radius 3 is 2.43 bits per heavy atom. The Kier molecular flexibility index (Phi) is 6.35. The highest BCUT2D eigenvalue weighted by molar-refractivity contribution is 6.30. The number of carbonyl (C=O) groups excluding carboxylic acids is 1. The average Bonchev–Trinajstić information content (AvgIpc) is 2.95. The van der Waals surface area contributed by atoms with Crippen LogP contribution < -0.4 is 14.4 Å². The summed E-state index contributed by atoms with van der Waals surface area (Å²) >= 11 is 5.90. The number of methoxy groups -OCH3 is 2. The first kappa shape index (κ1) is 22.1. The van der Waals surface area contributed by atoms with E-state index in [1.165, 1.54) is 14.2 Å². The number of carbonyl (C=O) groups is 1. The van der Waals surface area contributed by atoms with Gasteiger partial charge in [-0.15, -0.1) is 0 Å². The summed E-state index contributed by atoms with van der Waals surface area (Å²) in [6.45, 7) is 7.44. The van der Waals surface area contributed by atoms with Gasteiger partial charge in [0, 0.05) is 26.2 Å². The van der Waals surface area contributed by atoms with Gasteiger partial charge in [-0.3, -0.25) is 0 Å². The van der Waals surface area contributed by atoms with Crippen LogP contribution in [0.4, 0.5) is 15.0 Å². The number of pyridine rings is 1. The van der Waals surface area contributed by atoms with Crippen molar-refractivity contribution in [3.05, 3.63) is 11.0 Å². The predicted molar refractivity (Wildman–Crippen MR) is 110 cm³/mol. The van der Waals surface area contributed by atoms with Gasteiger partial charge in [0.05, 0.1) is 14.2 Å². The van der Waals surface area contributed by atoms with Crippen molar-refractivity contribution < 1.29 is 23.4 Å². The molecule has 0 bridgehead atoms. The molecule has 0 N–H and O–H groups in total. The van der Waals surface area contributed by atoms with Crippen molar-refractivity contribution in [1.82, 2.24) is 19.9 Å². The Hall–Kier alpha value is -2.62. The largest absolute Gasteiger partial charge is 0.480 e. The molecule has 1 amide bonds. The second kappa shape index (κ2) is 8.63. The molecule has 0 saturated carbocycles. The van der Waals surface area contributed by atoms with Crippen molar-refractivity contribution in [2.75, 3.05) is 45.3 Å². The van der Waals surface area contributed by atoms with Crippen molar-refractivity contribution in [2.45, 2.75) is 32.8 Å². The highest BCUT2D eigenvalue weighted by atomic mass is 35.5. The van der Waals surface area contributed by atoms with Crippen LogP contribution in [-0.2, 0) is 4.74 Å². The van der Waals surface area contributed by atoms with E-state index >= 15 is 0 Å². The topological polar surface area (TPSA) is 89.9 Å². The molecule has 11 heteroatoms. The minimum Gasteiger partial charge on any atom is -0.480 e. The number of amides is 1. The van der Waals surface area contributed by atoms with Gasteiger partial charge in [0.25, 0.3) is 0 Å². The van der Waals surface area contributed by atoms with Crippen molar-refractivity contribution in [3.8, 4) is 11.9 Å². The molecule has 1 saturated heterocycles. The first-order chi connectivity index (χ1) is 14.1. The van der Waals surface area contributed by atoms with Gasteiger partial charge in [-0.25, -0.2) is 9.18 Å². The Morgan fingerprint density at radius 2 is 1.80 bits per heavy atom. The number of ether oxygens (including phenoxy) is 3. The third kappa shape index (κ3) is 4.58. The normalized spacial score (nSPS) is 15.2.